The maximum Gasteiger partial charge on any atom is 0.309 e. The van der Waals surface area contributed by atoms with Crippen molar-refractivity contribution < 1.29 is 19.0 Å². The van der Waals surface area contributed by atoms with Gasteiger partial charge in [0.05, 0.1) is 24.8 Å². The predicted octanol–water partition coefficient (Wildman–Crippen LogP) is 2.45. The molecule has 1 saturated carbocycles. The molecule has 0 atom stereocenters. The number of hydrogen-bond acceptors (Lipinski definition) is 5. The van der Waals surface area contributed by atoms with E-state index in [4.69, 9.17) is 4.74 Å². The minimum absolute atomic E-state index is 0.106. The number of carbonyl (C=O) groups excluding carboxylic acids is 1. The van der Waals surface area contributed by atoms with Gasteiger partial charge in [0.25, 0.3) is 0 Å². The lowest BCUT2D eigenvalue weighted by molar-refractivity contribution is -0.158. The molecular weight excluding hydrogens is 325 g/mol. The van der Waals surface area contributed by atoms with E-state index in [1.54, 1.807) is 25.3 Å². The zero-order valence-corrected chi connectivity index (χ0v) is 14.2. The van der Waals surface area contributed by atoms with E-state index in [0.29, 0.717) is 13.0 Å². The van der Waals surface area contributed by atoms with Crippen molar-refractivity contribution in [2.24, 2.45) is 5.92 Å². The Hall–Kier alpha value is -2.44. The fourth-order valence-corrected chi connectivity index (χ4v) is 3.13. The first-order chi connectivity index (χ1) is 12.0. The van der Waals surface area contributed by atoms with Crippen LogP contribution in [0.3, 0.4) is 0 Å². The van der Waals surface area contributed by atoms with E-state index in [2.05, 4.69) is 10.3 Å². The van der Waals surface area contributed by atoms with Crippen molar-refractivity contribution >= 4 is 5.97 Å². The molecule has 7 heteroatoms. The molecule has 1 aliphatic carbocycles. The summed E-state index contributed by atoms with van der Waals surface area (Å²) in [6.45, 7) is 2.17. The summed E-state index contributed by atoms with van der Waals surface area (Å²) in [5.41, 5.74) is 0.461. The van der Waals surface area contributed by atoms with Crippen molar-refractivity contribution in [1.82, 2.24) is 15.0 Å². The van der Waals surface area contributed by atoms with Crippen LogP contribution in [0, 0.1) is 5.92 Å². The number of halogens is 1. The second kappa shape index (κ2) is 7.21. The quantitative estimate of drug-likeness (QED) is 0.779. The minimum Gasteiger partial charge on any atom is -0.508 e. The van der Waals surface area contributed by atoms with Gasteiger partial charge in [0.2, 0.25) is 0 Å². The Kier molecular flexibility index (Phi) is 5.01. The predicted molar refractivity (Wildman–Crippen MR) is 88.7 cm³/mol. The Morgan fingerprint density at radius 3 is 2.76 bits per heavy atom. The minimum atomic E-state index is -1.42. The topological polar surface area (TPSA) is 77.2 Å². The third-order valence-electron chi connectivity index (χ3n) is 4.48. The fraction of sp³-hybridized carbons (Fsp3) is 0.500. The van der Waals surface area contributed by atoms with Gasteiger partial charge in [0.1, 0.15) is 11.4 Å². The molecule has 0 spiro atoms. The molecule has 0 aliphatic heterocycles. The number of benzene rings is 1. The summed E-state index contributed by atoms with van der Waals surface area (Å²) in [5, 5.41) is 17.3. The molecule has 1 N–H and O–H groups in total. The number of rotatable bonds is 7. The highest BCUT2D eigenvalue weighted by Gasteiger charge is 2.49. The van der Waals surface area contributed by atoms with E-state index < -0.39 is 5.67 Å². The lowest BCUT2D eigenvalue weighted by Gasteiger charge is -2.39. The first-order valence-electron chi connectivity index (χ1n) is 8.50. The molecule has 1 aliphatic rings. The number of esters is 1. The Balaban J connectivity index is 1.49. The van der Waals surface area contributed by atoms with Crippen molar-refractivity contribution in [3.63, 3.8) is 0 Å². The number of alkyl halides is 1. The van der Waals surface area contributed by atoms with Crippen LogP contribution in [0.2, 0.25) is 0 Å². The number of nitrogens with zero attached hydrogens (tertiary/aromatic N) is 3. The number of phenolic OH excluding ortho intramolecular Hbond substituents is 1. The van der Waals surface area contributed by atoms with Gasteiger partial charge in [-0.25, -0.2) is 9.07 Å². The van der Waals surface area contributed by atoms with Crippen molar-refractivity contribution in [3.8, 4) is 5.75 Å². The first kappa shape index (κ1) is 17.4. The average Bonchev–Trinajstić information content (AvgIpc) is 2.99. The average molecular weight is 347 g/mol. The number of aryl methyl sites for hydroxylation is 2. The van der Waals surface area contributed by atoms with Gasteiger partial charge in [0, 0.05) is 6.20 Å². The summed E-state index contributed by atoms with van der Waals surface area (Å²) in [5.74, 6) is -0.420. The molecule has 134 valence electrons. The summed E-state index contributed by atoms with van der Waals surface area (Å²) in [4.78, 5) is 11.6. The molecule has 1 heterocycles. The van der Waals surface area contributed by atoms with Gasteiger partial charge in [-0.15, -0.1) is 5.10 Å². The van der Waals surface area contributed by atoms with Crippen LogP contribution in [0.15, 0.2) is 30.5 Å². The molecule has 0 saturated heterocycles. The summed E-state index contributed by atoms with van der Waals surface area (Å²) in [6.07, 6.45) is 3.56. The van der Waals surface area contributed by atoms with E-state index in [1.807, 2.05) is 12.1 Å². The van der Waals surface area contributed by atoms with Gasteiger partial charge in [0.15, 0.2) is 0 Å². The van der Waals surface area contributed by atoms with Crippen molar-refractivity contribution in [2.45, 2.75) is 44.8 Å². The molecule has 1 aromatic heterocycles. The number of aromatic hydroxyl groups is 1. The molecule has 25 heavy (non-hydrogen) atoms. The van der Waals surface area contributed by atoms with Crippen LogP contribution < -0.4 is 0 Å². The molecule has 1 aromatic carbocycles. The molecule has 3 rings (SSSR count). The van der Waals surface area contributed by atoms with Gasteiger partial charge >= 0.3 is 5.97 Å². The van der Waals surface area contributed by atoms with Crippen molar-refractivity contribution in [3.05, 3.63) is 41.7 Å². The zero-order chi connectivity index (χ0) is 17.9. The Labute approximate surface area is 145 Å². The highest BCUT2D eigenvalue weighted by atomic mass is 19.1. The highest BCUT2D eigenvalue weighted by molar-refractivity contribution is 5.74. The maximum atomic E-state index is 14.6. The van der Waals surface area contributed by atoms with Crippen LogP contribution in [0.25, 0.3) is 0 Å². The number of aromatic nitrogens is 3. The van der Waals surface area contributed by atoms with Crippen LogP contribution in [0.5, 0.6) is 5.75 Å². The maximum absolute atomic E-state index is 14.6. The molecule has 0 unspecified atom stereocenters. The van der Waals surface area contributed by atoms with Crippen LogP contribution in [-0.4, -0.2) is 38.3 Å². The normalized spacial score (nSPS) is 22.4. The third-order valence-corrected chi connectivity index (χ3v) is 4.48. The van der Waals surface area contributed by atoms with E-state index in [-0.39, 0.29) is 37.0 Å². The standard InChI is InChI=1S/C18H22FN3O3/c1-2-25-17(24)14-9-18(19,10-14)12-22-11-15(20-21-22)6-3-13-4-7-16(23)8-5-13/h4-5,7-8,11,14,23H,2-3,6,9-10,12H2,1H3. The van der Waals surface area contributed by atoms with Crippen molar-refractivity contribution in [2.75, 3.05) is 6.61 Å². The summed E-state index contributed by atoms with van der Waals surface area (Å²) in [6, 6.07) is 7.02. The SMILES string of the molecule is CCOC(=O)C1CC(F)(Cn2cc(CCc3ccc(O)cc3)nn2)C1. The lowest BCUT2D eigenvalue weighted by atomic mass is 9.72. The molecule has 6 nitrogen and oxygen atoms in total. The molecule has 0 bridgehead atoms. The van der Waals surface area contributed by atoms with E-state index >= 15 is 0 Å². The fourth-order valence-electron chi connectivity index (χ4n) is 3.13. The summed E-state index contributed by atoms with van der Waals surface area (Å²) >= 11 is 0. The van der Waals surface area contributed by atoms with Gasteiger partial charge < -0.3 is 9.84 Å². The Morgan fingerprint density at radius 1 is 1.36 bits per heavy atom. The smallest absolute Gasteiger partial charge is 0.309 e. The Morgan fingerprint density at radius 2 is 2.08 bits per heavy atom. The number of phenols is 1. The second-order valence-electron chi connectivity index (χ2n) is 6.58. The largest absolute Gasteiger partial charge is 0.508 e. The monoisotopic (exact) mass is 347 g/mol. The summed E-state index contributed by atoms with van der Waals surface area (Å²) in [7, 11) is 0. The van der Waals surface area contributed by atoms with Gasteiger partial charge in [-0.05, 0) is 50.3 Å². The molecule has 0 amide bonds. The number of hydrogen-bond donors (Lipinski definition) is 1. The zero-order valence-electron chi connectivity index (χ0n) is 14.2. The van der Waals surface area contributed by atoms with Gasteiger partial charge in [-0.2, -0.15) is 0 Å². The summed E-state index contributed by atoms with van der Waals surface area (Å²) < 4.78 is 21.0. The molecular formula is C18H22FN3O3. The second-order valence-corrected chi connectivity index (χ2v) is 6.58. The molecule has 2 aromatic rings. The van der Waals surface area contributed by atoms with E-state index in [9.17, 15) is 14.3 Å². The van der Waals surface area contributed by atoms with Crippen LogP contribution >= 0.6 is 0 Å². The van der Waals surface area contributed by atoms with E-state index in [0.717, 1.165) is 17.7 Å². The van der Waals surface area contributed by atoms with Gasteiger partial charge in [-0.1, -0.05) is 17.3 Å². The molecule has 1 fully saturated rings. The van der Waals surface area contributed by atoms with Gasteiger partial charge in [-0.3, -0.25) is 4.79 Å². The third kappa shape index (κ3) is 4.35. The van der Waals surface area contributed by atoms with Crippen LogP contribution in [-0.2, 0) is 28.9 Å². The molecule has 0 radical (unpaired) electrons. The van der Waals surface area contributed by atoms with Crippen LogP contribution in [0.4, 0.5) is 4.39 Å². The van der Waals surface area contributed by atoms with Crippen molar-refractivity contribution in [1.29, 1.82) is 0 Å². The highest BCUT2D eigenvalue weighted by Crippen LogP contribution is 2.43. The Bertz CT molecular complexity index is 723. The number of ether oxygens (including phenoxy) is 1. The number of carbonyl (C=O) groups is 1. The van der Waals surface area contributed by atoms with Crippen LogP contribution in [0.1, 0.15) is 31.0 Å². The first-order valence-corrected chi connectivity index (χ1v) is 8.50. The lowest BCUT2D eigenvalue weighted by Crippen LogP contribution is -2.47. The van der Waals surface area contributed by atoms with E-state index in [1.165, 1.54) is 4.68 Å².